The van der Waals surface area contributed by atoms with E-state index in [-0.39, 0.29) is 0 Å². The Balaban J connectivity index is 1.36. The van der Waals surface area contributed by atoms with Gasteiger partial charge in [0.05, 0.1) is 35.9 Å². The van der Waals surface area contributed by atoms with Crippen LogP contribution in [0.15, 0.2) is 49.4 Å². The van der Waals surface area contributed by atoms with Crippen LogP contribution >= 0.6 is 11.6 Å². The molecule has 0 bridgehead atoms. The van der Waals surface area contributed by atoms with Crippen LogP contribution in [0, 0.1) is 5.92 Å². The Morgan fingerprint density at radius 1 is 1.07 bits per heavy atom. The third-order valence-corrected chi connectivity index (χ3v) is 7.10. The highest BCUT2D eigenvalue weighted by atomic mass is 35.5. The second-order valence-electron chi connectivity index (χ2n) is 8.57. The quantitative estimate of drug-likeness (QED) is 0.462. The molecule has 0 spiro atoms. The lowest BCUT2D eigenvalue weighted by Gasteiger charge is -2.31. The van der Waals surface area contributed by atoms with Crippen LogP contribution in [-0.2, 0) is 0 Å². The van der Waals surface area contributed by atoms with E-state index in [1.165, 1.54) is 60.9 Å². The van der Waals surface area contributed by atoms with Crippen LogP contribution in [0.5, 0.6) is 5.75 Å². The molecule has 150 valence electrons. The maximum absolute atomic E-state index is 6.36. The number of aromatic nitrogens is 2. The fraction of sp³-hybridized carbons (Fsp3) is 0.400. The van der Waals surface area contributed by atoms with Crippen LogP contribution < -0.4 is 4.74 Å². The summed E-state index contributed by atoms with van der Waals surface area (Å²) in [7, 11) is 1.66. The lowest BCUT2D eigenvalue weighted by molar-refractivity contribution is 0.382. The largest absolute Gasteiger partial charge is 0.495 e. The predicted octanol–water partition coefficient (Wildman–Crippen LogP) is 6.86. The Labute approximate surface area is 177 Å². The van der Waals surface area contributed by atoms with E-state index in [9.17, 15) is 0 Å². The fourth-order valence-electron chi connectivity index (χ4n) is 4.98. The number of nitrogens with zero attached hydrogens (tertiary/aromatic N) is 2. The molecule has 0 radical (unpaired) electrons. The topological polar surface area (TPSA) is 26.5 Å². The van der Waals surface area contributed by atoms with Crippen molar-refractivity contribution < 1.29 is 4.74 Å². The minimum absolute atomic E-state index is 0.533. The van der Waals surface area contributed by atoms with Gasteiger partial charge in [-0.3, -0.25) is 4.40 Å². The molecule has 0 amide bonds. The molecule has 2 aliphatic rings. The van der Waals surface area contributed by atoms with Crippen LogP contribution in [-0.4, -0.2) is 16.5 Å². The van der Waals surface area contributed by atoms with Gasteiger partial charge in [-0.05, 0) is 91.2 Å². The second-order valence-corrected chi connectivity index (χ2v) is 8.98. The van der Waals surface area contributed by atoms with E-state index in [1.807, 2.05) is 18.6 Å². The summed E-state index contributed by atoms with van der Waals surface area (Å²) in [5, 5.41) is 0.706. The summed E-state index contributed by atoms with van der Waals surface area (Å²) < 4.78 is 7.55. The maximum atomic E-state index is 6.36. The minimum atomic E-state index is 0.533. The van der Waals surface area contributed by atoms with Crippen molar-refractivity contribution in [2.45, 2.75) is 50.4 Å². The monoisotopic (exact) mass is 406 g/mol. The van der Waals surface area contributed by atoms with Crippen molar-refractivity contribution in [3.05, 3.63) is 71.3 Å². The number of methoxy groups -OCH3 is 1. The number of rotatable bonds is 5. The molecule has 29 heavy (non-hydrogen) atoms. The SMILES string of the molecule is C=C(c1c(C2CC2)ccc2cncn12)C1CCC(c2ccc(OC)c(Cl)c2)CC1. The Morgan fingerprint density at radius 2 is 1.83 bits per heavy atom. The second kappa shape index (κ2) is 7.53. The van der Waals surface area contributed by atoms with Crippen LogP contribution in [0.2, 0.25) is 5.02 Å². The number of fused-ring (bicyclic) bond motifs is 1. The number of allylic oxidation sites excluding steroid dienone is 1. The van der Waals surface area contributed by atoms with E-state index in [1.54, 1.807) is 7.11 Å². The van der Waals surface area contributed by atoms with Gasteiger partial charge in [0.15, 0.2) is 0 Å². The molecule has 2 aliphatic carbocycles. The lowest BCUT2D eigenvalue weighted by atomic mass is 9.75. The zero-order valence-corrected chi connectivity index (χ0v) is 17.7. The first kappa shape index (κ1) is 18.7. The van der Waals surface area contributed by atoms with Gasteiger partial charge in [0.25, 0.3) is 0 Å². The Hall–Kier alpha value is -2.26. The summed E-state index contributed by atoms with van der Waals surface area (Å²) in [6, 6.07) is 10.7. The van der Waals surface area contributed by atoms with Gasteiger partial charge >= 0.3 is 0 Å². The van der Waals surface area contributed by atoms with Crippen molar-refractivity contribution in [1.82, 2.24) is 9.38 Å². The van der Waals surface area contributed by atoms with Crippen LogP contribution in [0.1, 0.15) is 67.2 Å². The third-order valence-electron chi connectivity index (χ3n) is 6.80. The van der Waals surface area contributed by atoms with E-state index < -0.39 is 0 Å². The van der Waals surface area contributed by atoms with E-state index in [4.69, 9.17) is 16.3 Å². The first-order valence-electron chi connectivity index (χ1n) is 10.6. The summed E-state index contributed by atoms with van der Waals surface area (Å²) >= 11 is 6.36. The molecule has 0 N–H and O–H groups in total. The highest BCUT2D eigenvalue weighted by molar-refractivity contribution is 6.32. The molecular weight excluding hydrogens is 380 g/mol. The van der Waals surface area contributed by atoms with Crippen molar-refractivity contribution in [2.75, 3.05) is 7.11 Å². The summed E-state index contributed by atoms with van der Waals surface area (Å²) in [5.41, 5.74) is 6.56. The third kappa shape index (κ3) is 3.46. The van der Waals surface area contributed by atoms with Crippen LogP contribution in [0.4, 0.5) is 0 Å². The number of ether oxygens (including phenoxy) is 1. The van der Waals surface area contributed by atoms with Gasteiger partial charge in [-0.15, -0.1) is 0 Å². The molecule has 0 aliphatic heterocycles. The van der Waals surface area contributed by atoms with Crippen molar-refractivity contribution in [2.24, 2.45) is 5.92 Å². The molecule has 2 heterocycles. The standard InChI is InChI=1S/C25H27ClN2O/c1-16(25-22(19-7-8-19)11-10-21-14-27-15-28(21)25)17-3-5-18(6-4-17)20-9-12-24(29-2)23(26)13-20/h9-15,17-19H,1,3-8H2,2H3. The number of hydrogen-bond acceptors (Lipinski definition) is 2. The fourth-order valence-corrected chi connectivity index (χ4v) is 5.24. The molecule has 2 saturated carbocycles. The smallest absolute Gasteiger partial charge is 0.137 e. The number of halogens is 1. The normalized spacial score (nSPS) is 22.0. The first-order chi connectivity index (χ1) is 14.2. The Bertz CT molecular complexity index is 1060. The Kier molecular flexibility index (Phi) is 4.87. The van der Waals surface area contributed by atoms with Gasteiger partial charge < -0.3 is 4.74 Å². The van der Waals surface area contributed by atoms with Gasteiger partial charge in [0.1, 0.15) is 5.75 Å². The van der Waals surface area contributed by atoms with E-state index in [0.717, 1.165) is 11.3 Å². The average Bonchev–Trinajstić information content (AvgIpc) is 3.49. The zero-order valence-electron chi connectivity index (χ0n) is 16.9. The van der Waals surface area contributed by atoms with Gasteiger partial charge in [-0.2, -0.15) is 0 Å². The van der Waals surface area contributed by atoms with Gasteiger partial charge in [0.2, 0.25) is 0 Å². The average molecular weight is 407 g/mol. The summed E-state index contributed by atoms with van der Waals surface area (Å²) in [6.45, 7) is 4.60. The Morgan fingerprint density at radius 3 is 2.52 bits per heavy atom. The molecule has 5 rings (SSSR count). The van der Waals surface area contributed by atoms with Crippen molar-refractivity contribution in [1.29, 1.82) is 0 Å². The van der Waals surface area contributed by atoms with Crippen molar-refractivity contribution >= 4 is 22.7 Å². The lowest BCUT2D eigenvalue weighted by Crippen LogP contribution is -2.16. The van der Waals surface area contributed by atoms with Gasteiger partial charge in [-0.1, -0.05) is 30.3 Å². The van der Waals surface area contributed by atoms with E-state index >= 15 is 0 Å². The van der Waals surface area contributed by atoms with Gasteiger partial charge in [0, 0.05) is 0 Å². The molecule has 0 unspecified atom stereocenters. The summed E-state index contributed by atoms with van der Waals surface area (Å²) in [5.74, 6) is 2.55. The maximum Gasteiger partial charge on any atom is 0.137 e. The molecule has 3 aromatic rings. The zero-order chi connectivity index (χ0) is 20.0. The first-order valence-corrected chi connectivity index (χ1v) is 11.0. The number of pyridine rings is 1. The molecule has 0 saturated heterocycles. The minimum Gasteiger partial charge on any atom is -0.495 e. The molecule has 2 fully saturated rings. The molecule has 4 heteroatoms. The van der Waals surface area contributed by atoms with E-state index in [2.05, 4.69) is 40.2 Å². The van der Waals surface area contributed by atoms with Crippen molar-refractivity contribution in [3.63, 3.8) is 0 Å². The molecule has 1 aromatic carbocycles. The molecule has 2 aromatic heterocycles. The van der Waals surface area contributed by atoms with E-state index in [0.29, 0.717) is 22.8 Å². The van der Waals surface area contributed by atoms with Crippen molar-refractivity contribution in [3.8, 4) is 5.75 Å². The predicted molar refractivity (Wildman–Crippen MR) is 119 cm³/mol. The molecule has 0 atom stereocenters. The highest BCUT2D eigenvalue weighted by Crippen LogP contribution is 2.47. The summed E-state index contributed by atoms with van der Waals surface area (Å²) in [6.07, 6.45) is 11.2. The summed E-state index contributed by atoms with van der Waals surface area (Å²) in [4.78, 5) is 4.38. The number of hydrogen-bond donors (Lipinski definition) is 0. The number of imidazole rings is 1. The van der Waals surface area contributed by atoms with Crippen LogP contribution in [0.3, 0.4) is 0 Å². The molecular formula is C25H27ClN2O. The van der Waals surface area contributed by atoms with Gasteiger partial charge in [-0.25, -0.2) is 4.98 Å². The number of benzene rings is 1. The molecule has 3 nitrogen and oxygen atoms in total. The van der Waals surface area contributed by atoms with Crippen LogP contribution in [0.25, 0.3) is 11.1 Å². The highest BCUT2D eigenvalue weighted by Gasteiger charge is 2.31.